The smallest absolute Gasteiger partial charge is 0.251 e. The summed E-state index contributed by atoms with van der Waals surface area (Å²) in [6.45, 7) is 4.73. The molecule has 2 N–H and O–H groups in total. The summed E-state index contributed by atoms with van der Waals surface area (Å²) in [6, 6.07) is 3.99. The number of carbonyl (C=O) groups excluding carboxylic acids is 1. The van der Waals surface area contributed by atoms with Crippen LogP contribution < -0.4 is 10.6 Å². The number of aryl methyl sites for hydroxylation is 1. The van der Waals surface area contributed by atoms with Crippen molar-refractivity contribution >= 4 is 23.5 Å². The third-order valence-electron chi connectivity index (χ3n) is 3.13. The highest BCUT2D eigenvalue weighted by Crippen LogP contribution is 2.18. The van der Waals surface area contributed by atoms with Crippen molar-refractivity contribution in [2.75, 3.05) is 23.4 Å². The highest BCUT2D eigenvalue weighted by atomic mass is 32.2. The molecule has 1 aromatic rings. The molecule has 2 rings (SSSR count). The van der Waals surface area contributed by atoms with Crippen molar-refractivity contribution in [1.29, 1.82) is 0 Å². The molecule has 1 aliphatic heterocycles. The molecule has 0 spiro atoms. The normalized spacial score (nSPS) is 16.1. The summed E-state index contributed by atoms with van der Waals surface area (Å²) in [5.41, 5.74) is 1.56. The van der Waals surface area contributed by atoms with Crippen LogP contribution in [0.2, 0.25) is 0 Å². The molecule has 4 nitrogen and oxygen atoms in total. The van der Waals surface area contributed by atoms with Gasteiger partial charge in [0.05, 0.1) is 0 Å². The summed E-state index contributed by atoms with van der Waals surface area (Å²) in [5, 5.41) is 6.28. The Labute approximate surface area is 118 Å². The van der Waals surface area contributed by atoms with E-state index in [4.69, 9.17) is 0 Å². The number of carbonyl (C=O) groups is 1. The number of pyridine rings is 1. The SMILES string of the molecule is CCNc1cc(C(=O)NC2CCSCC2)cc(C)n1. The van der Waals surface area contributed by atoms with Crippen LogP contribution in [0.1, 0.15) is 35.8 Å². The van der Waals surface area contributed by atoms with Gasteiger partial charge >= 0.3 is 0 Å². The van der Waals surface area contributed by atoms with Crippen molar-refractivity contribution < 1.29 is 4.79 Å². The van der Waals surface area contributed by atoms with Crippen molar-refractivity contribution in [1.82, 2.24) is 10.3 Å². The van der Waals surface area contributed by atoms with E-state index in [9.17, 15) is 4.79 Å². The second-order valence-electron chi connectivity index (χ2n) is 4.77. The van der Waals surface area contributed by atoms with Gasteiger partial charge in [-0.1, -0.05) is 0 Å². The number of amides is 1. The zero-order valence-corrected chi connectivity index (χ0v) is 12.3. The Bertz CT molecular complexity index is 444. The van der Waals surface area contributed by atoms with Crippen molar-refractivity contribution in [3.8, 4) is 0 Å². The average Bonchev–Trinajstić information content (AvgIpc) is 2.39. The lowest BCUT2D eigenvalue weighted by atomic mass is 10.1. The summed E-state index contributed by atoms with van der Waals surface area (Å²) >= 11 is 1.96. The molecular weight excluding hydrogens is 258 g/mol. The molecule has 5 heteroatoms. The zero-order chi connectivity index (χ0) is 13.7. The summed E-state index contributed by atoms with van der Waals surface area (Å²) in [6.07, 6.45) is 2.14. The van der Waals surface area contributed by atoms with Crippen molar-refractivity contribution in [2.45, 2.75) is 32.7 Å². The quantitative estimate of drug-likeness (QED) is 0.889. The first-order valence-electron chi connectivity index (χ1n) is 6.80. The van der Waals surface area contributed by atoms with Crippen LogP contribution in [-0.4, -0.2) is 35.0 Å². The van der Waals surface area contributed by atoms with Crippen molar-refractivity contribution in [3.05, 3.63) is 23.4 Å². The van der Waals surface area contributed by atoms with Crippen LogP contribution >= 0.6 is 11.8 Å². The summed E-state index contributed by atoms with van der Waals surface area (Å²) < 4.78 is 0. The first-order valence-corrected chi connectivity index (χ1v) is 7.95. The predicted octanol–water partition coefficient (Wildman–Crippen LogP) is 2.45. The minimum absolute atomic E-state index is 0.0153. The topological polar surface area (TPSA) is 54.0 Å². The molecule has 0 radical (unpaired) electrons. The van der Waals surface area contributed by atoms with E-state index in [0.717, 1.165) is 42.4 Å². The molecule has 1 saturated heterocycles. The minimum Gasteiger partial charge on any atom is -0.370 e. The van der Waals surface area contributed by atoms with Gasteiger partial charge in [0.25, 0.3) is 5.91 Å². The Morgan fingerprint density at radius 3 is 2.84 bits per heavy atom. The molecule has 0 aliphatic carbocycles. The van der Waals surface area contributed by atoms with Gasteiger partial charge in [-0.15, -0.1) is 0 Å². The Morgan fingerprint density at radius 2 is 2.16 bits per heavy atom. The molecule has 1 fully saturated rings. The molecule has 0 bridgehead atoms. The van der Waals surface area contributed by atoms with E-state index in [2.05, 4.69) is 15.6 Å². The molecule has 0 atom stereocenters. The number of hydrogen-bond acceptors (Lipinski definition) is 4. The Morgan fingerprint density at radius 1 is 1.42 bits per heavy atom. The van der Waals surface area contributed by atoms with Gasteiger partial charge in [0.1, 0.15) is 5.82 Å². The number of rotatable bonds is 4. The Kier molecular flexibility index (Phi) is 5.07. The van der Waals surface area contributed by atoms with Gasteiger partial charge in [-0.05, 0) is 50.3 Å². The van der Waals surface area contributed by atoms with E-state index < -0.39 is 0 Å². The van der Waals surface area contributed by atoms with Crippen LogP contribution in [0.3, 0.4) is 0 Å². The zero-order valence-electron chi connectivity index (χ0n) is 11.5. The van der Waals surface area contributed by atoms with E-state index in [1.165, 1.54) is 0 Å². The van der Waals surface area contributed by atoms with Crippen LogP contribution in [0.4, 0.5) is 5.82 Å². The van der Waals surface area contributed by atoms with Gasteiger partial charge in [0.2, 0.25) is 0 Å². The minimum atomic E-state index is 0.0153. The highest BCUT2D eigenvalue weighted by Gasteiger charge is 2.17. The Balaban J connectivity index is 2.05. The predicted molar refractivity (Wildman–Crippen MR) is 81.0 cm³/mol. The third-order valence-corrected chi connectivity index (χ3v) is 4.18. The van der Waals surface area contributed by atoms with Crippen LogP contribution in [0.15, 0.2) is 12.1 Å². The molecule has 0 aromatic carbocycles. The molecule has 1 amide bonds. The summed E-state index contributed by atoms with van der Waals surface area (Å²) in [5.74, 6) is 3.07. The molecular formula is C14H21N3OS. The van der Waals surface area contributed by atoms with Crippen LogP contribution in [0.5, 0.6) is 0 Å². The number of thioether (sulfide) groups is 1. The summed E-state index contributed by atoms with van der Waals surface area (Å²) in [7, 11) is 0. The fourth-order valence-electron chi connectivity index (χ4n) is 2.18. The maximum absolute atomic E-state index is 12.2. The number of aromatic nitrogens is 1. The van der Waals surface area contributed by atoms with Gasteiger partial charge in [-0.3, -0.25) is 4.79 Å². The fraction of sp³-hybridized carbons (Fsp3) is 0.571. The molecule has 1 aliphatic rings. The van der Waals surface area contributed by atoms with Gasteiger partial charge in [0.15, 0.2) is 0 Å². The number of nitrogens with one attached hydrogen (secondary N) is 2. The van der Waals surface area contributed by atoms with Crippen molar-refractivity contribution in [3.63, 3.8) is 0 Å². The molecule has 2 heterocycles. The number of hydrogen-bond donors (Lipinski definition) is 2. The van der Waals surface area contributed by atoms with E-state index in [1.54, 1.807) is 0 Å². The molecule has 104 valence electrons. The number of nitrogens with zero attached hydrogens (tertiary/aromatic N) is 1. The first kappa shape index (κ1) is 14.2. The summed E-state index contributed by atoms with van der Waals surface area (Å²) in [4.78, 5) is 16.6. The molecule has 1 aromatic heterocycles. The average molecular weight is 279 g/mol. The third kappa shape index (κ3) is 4.13. The fourth-order valence-corrected chi connectivity index (χ4v) is 3.29. The molecule has 0 saturated carbocycles. The van der Waals surface area contributed by atoms with Gasteiger partial charge in [-0.25, -0.2) is 4.98 Å². The monoisotopic (exact) mass is 279 g/mol. The lowest BCUT2D eigenvalue weighted by Gasteiger charge is -2.22. The van der Waals surface area contributed by atoms with Gasteiger partial charge in [-0.2, -0.15) is 11.8 Å². The van der Waals surface area contributed by atoms with E-state index in [1.807, 2.05) is 37.7 Å². The second-order valence-corrected chi connectivity index (χ2v) is 6.00. The number of anilines is 1. The van der Waals surface area contributed by atoms with E-state index >= 15 is 0 Å². The molecule has 0 unspecified atom stereocenters. The van der Waals surface area contributed by atoms with Crippen LogP contribution in [0.25, 0.3) is 0 Å². The van der Waals surface area contributed by atoms with E-state index in [-0.39, 0.29) is 5.91 Å². The van der Waals surface area contributed by atoms with Crippen molar-refractivity contribution in [2.24, 2.45) is 0 Å². The molecule has 19 heavy (non-hydrogen) atoms. The van der Waals surface area contributed by atoms with Crippen LogP contribution in [0, 0.1) is 6.92 Å². The largest absolute Gasteiger partial charge is 0.370 e. The Hall–Kier alpha value is -1.23. The second kappa shape index (κ2) is 6.80. The van der Waals surface area contributed by atoms with Crippen LogP contribution in [-0.2, 0) is 0 Å². The lowest BCUT2D eigenvalue weighted by Crippen LogP contribution is -2.37. The standard InChI is InChI=1S/C14H21N3OS/c1-3-15-13-9-11(8-10(2)16-13)14(18)17-12-4-6-19-7-5-12/h8-9,12H,3-7H2,1-2H3,(H,15,16)(H,17,18). The highest BCUT2D eigenvalue weighted by molar-refractivity contribution is 7.99. The maximum atomic E-state index is 12.2. The van der Waals surface area contributed by atoms with E-state index in [0.29, 0.717) is 11.6 Å². The maximum Gasteiger partial charge on any atom is 0.251 e. The van der Waals surface area contributed by atoms with Gasteiger partial charge < -0.3 is 10.6 Å². The first-order chi connectivity index (χ1) is 9.19. The lowest BCUT2D eigenvalue weighted by molar-refractivity contribution is 0.0934. The van der Waals surface area contributed by atoms with Gasteiger partial charge in [0, 0.05) is 23.8 Å².